The van der Waals surface area contributed by atoms with Crippen LogP contribution in [0.3, 0.4) is 0 Å². The molecule has 0 unspecified atom stereocenters. The van der Waals surface area contributed by atoms with Crippen LogP contribution in [0.1, 0.15) is 27.2 Å². The van der Waals surface area contributed by atoms with Crippen LogP contribution in [-0.2, 0) is 9.53 Å². The van der Waals surface area contributed by atoms with Crippen LogP contribution in [0.15, 0.2) is 0 Å². The van der Waals surface area contributed by atoms with Crippen LogP contribution in [0.25, 0.3) is 0 Å². The van der Waals surface area contributed by atoms with E-state index in [1.54, 1.807) is 0 Å². The molecule has 1 rings (SSSR count). The van der Waals surface area contributed by atoms with E-state index < -0.39 is 0 Å². The van der Waals surface area contributed by atoms with Crippen LogP contribution in [-0.4, -0.2) is 26.6 Å². The molecule has 1 heterocycles. The molecule has 0 saturated carbocycles. The van der Waals surface area contributed by atoms with Gasteiger partial charge in [-0.2, -0.15) is 0 Å². The van der Waals surface area contributed by atoms with Crippen LogP contribution in [0.2, 0.25) is 0 Å². The summed E-state index contributed by atoms with van der Waals surface area (Å²) in [6.07, 6.45) is 0.961. The zero-order chi connectivity index (χ0) is 9.90. The zero-order valence-electron chi connectivity index (χ0n) is 8.39. The van der Waals surface area contributed by atoms with E-state index in [0.29, 0.717) is 0 Å². The topological polar surface area (TPSA) is 38.3 Å². The van der Waals surface area contributed by atoms with E-state index in [-0.39, 0.29) is 36.7 Å². The summed E-state index contributed by atoms with van der Waals surface area (Å²) in [5, 5.41) is 3.27. The number of rotatable bonds is 1. The van der Waals surface area contributed by atoms with Gasteiger partial charge >= 0.3 is 89.8 Å². The van der Waals surface area contributed by atoms with Gasteiger partial charge in [-0.15, -0.1) is 0 Å². The number of alkyl halides is 2. The molecule has 1 saturated heterocycles. The van der Waals surface area contributed by atoms with E-state index in [4.69, 9.17) is 4.74 Å². The van der Waals surface area contributed by atoms with Crippen molar-refractivity contribution >= 4 is 5.97 Å². The fourth-order valence-corrected chi connectivity index (χ4v) is 3.53. The summed E-state index contributed by atoms with van der Waals surface area (Å²) >= 11 is -0.0318. The summed E-state index contributed by atoms with van der Waals surface area (Å²) in [6, 6.07) is 0. The molecule has 4 heteroatoms. The van der Waals surface area contributed by atoms with Crippen molar-refractivity contribution in [2.45, 2.75) is 36.7 Å². The second kappa shape index (κ2) is 4.59. The second-order valence-electron chi connectivity index (χ2n) is 4.08. The molecule has 0 aromatic rings. The Balaban J connectivity index is 2.38. The quantitative estimate of drug-likeness (QED) is 0.257. The van der Waals surface area contributed by atoms with Crippen molar-refractivity contribution in [2.75, 3.05) is 11.1 Å². The maximum absolute atomic E-state index is 11.6. The Hall–Kier alpha value is 0.160. The Kier molecular flexibility index (Phi) is 3.97. The number of hydrogen-bond donors (Lipinski definition) is 1. The van der Waals surface area contributed by atoms with Gasteiger partial charge < -0.3 is 0 Å². The second-order valence-corrected chi connectivity index (χ2v) is 7.22. The third-order valence-electron chi connectivity index (χ3n) is 1.59. The zero-order valence-corrected chi connectivity index (χ0v) is 10.6. The van der Waals surface area contributed by atoms with Gasteiger partial charge in [-0.25, -0.2) is 0 Å². The molecule has 1 aliphatic heterocycles. The number of ether oxygens (including phenoxy) is 1. The molecule has 0 bridgehead atoms. The number of carbonyl (C=O) groups excluding carboxylic acids is 1. The van der Waals surface area contributed by atoms with E-state index in [2.05, 4.69) is 5.32 Å². The van der Waals surface area contributed by atoms with Crippen LogP contribution in [0, 0.1) is 0 Å². The van der Waals surface area contributed by atoms with Crippen molar-refractivity contribution in [2.24, 2.45) is 0 Å². The predicted octanol–water partition coefficient (Wildman–Crippen LogP) is -2.26. The first-order valence-corrected chi connectivity index (χ1v) is 7.27. The first-order chi connectivity index (χ1) is 5.99. The molecular formula is C9H17INO2-. The fourth-order valence-electron chi connectivity index (χ4n) is 1.07. The summed E-state index contributed by atoms with van der Waals surface area (Å²) in [7, 11) is 0. The van der Waals surface area contributed by atoms with Crippen molar-refractivity contribution in [1.82, 2.24) is 5.32 Å². The van der Waals surface area contributed by atoms with Gasteiger partial charge in [0.2, 0.25) is 0 Å². The molecule has 13 heavy (non-hydrogen) atoms. The summed E-state index contributed by atoms with van der Waals surface area (Å²) in [6.45, 7) is 6.72. The molecule has 1 atom stereocenters. The van der Waals surface area contributed by atoms with E-state index in [1.807, 2.05) is 20.8 Å². The fraction of sp³-hybridized carbons (Fsp3) is 0.889. The molecular weight excluding hydrogens is 281 g/mol. The van der Waals surface area contributed by atoms with Crippen LogP contribution in [0.5, 0.6) is 0 Å². The average Bonchev–Trinajstić information content (AvgIpc) is 2.03. The molecule has 0 spiro atoms. The molecule has 78 valence electrons. The van der Waals surface area contributed by atoms with Gasteiger partial charge in [-0.1, -0.05) is 0 Å². The molecule has 1 N–H and O–H groups in total. The Morgan fingerprint density at radius 2 is 2.23 bits per heavy atom. The summed E-state index contributed by atoms with van der Waals surface area (Å²) in [4.78, 5) is 11.6. The van der Waals surface area contributed by atoms with Gasteiger partial charge in [0.05, 0.1) is 0 Å². The predicted molar refractivity (Wildman–Crippen MR) is 47.1 cm³/mol. The van der Waals surface area contributed by atoms with Crippen molar-refractivity contribution < 1.29 is 30.7 Å². The minimum atomic E-state index is -0.328. The number of hydrogen-bond acceptors (Lipinski definition) is 3. The van der Waals surface area contributed by atoms with Gasteiger partial charge in [-0.3, -0.25) is 0 Å². The maximum atomic E-state index is 11.6. The van der Waals surface area contributed by atoms with Crippen LogP contribution < -0.4 is 26.5 Å². The molecule has 1 aliphatic rings. The Bertz CT molecular complexity index is 183. The van der Waals surface area contributed by atoms with Crippen molar-refractivity contribution in [3.63, 3.8) is 0 Å². The Morgan fingerprint density at radius 1 is 1.54 bits per heavy atom. The Labute approximate surface area is 89.9 Å². The summed E-state index contributed by atoms with van der Waals surface area (Å²) in [5.41, 5.74) is -0.328. The van der Waals surface area contributed by atoms with E-state index in [0.717, 1.165) is 17.5 Å². The standard InChI is InChI=1S/C9H17INO2/c1-9(2,3)13-8(12)7-4-5-11-6-10-7/h7,11H,4-6H2,1-3H3/q-1/t7-/m1/s1. The Morgan fingerprint density at radius 3 is 2.69 bits per heavy atom. The van der Waals surface area contributed by atoms with Gasteiger partial charge in [0.1, 0.15) is 0 Å². The van der Waals surface area contributed by atoms with Gasteiger partial charge in [0.15, 0.2) is 0 Å². The van der Waals surface area contributed by atoms with Crippen molar-refractivity contribution in [3.8, 4) is 0 Å². The summed E-state index contributed by atoms with van der Waals surface area (Å²) < 4.78 is 6.60. The van der Waals surface area contributed by atoms with E-state index in [9.17, 15) is 4.79 Å². The van der Waals surface area contributed by atoms with Gasteiger partial charge in [0, 0.05) is 0 Å². The minimum absolute atomic E-state index is 0.0156. The number of carbonyl (C=O) groups is 1. The van der Waals surface area contributed by atoms with Crippen molar-refractivity contribution in [3.05, 3.63) is 0 Å². The molecule has 0 aromatic heterocycles. The number of nitrogens with one attached hydrogen (secondary N) is 1. The molecule has 0 radical (unpaired) electrons. The normalized spacial score (nSPS) is 24.7. The van der Waals surface area contributed by atoms with Crippen molar-refractivity contribution in [1.29, 1.82) is 0 Å². The third-order valence-corrected chi connectivity index (χ3v) is 4.77. The first kappa shape index (κ1) is 11.2. The van der Waals surface area contributed by atoms with Crippen LogP contribution >= 0.6 is 0 Å². The summed E-state index contributed by atoms with van der Waals surface area (Å²) in [5.74, 6) is 0.0156. The molecule has 0 amide bonds. The van der Waals surface area contributed by atoms with Crippen LogP contribution in [0.4, 0.5) is 0 Å². The number of halogens is 1. The molecule has 0 aromatic carbocycles. The first-order valence-electron chi connectivity index (χ1n) is 4.50. The molecule has 3 nitrogen and oxygen atoms in total. The van der Waals surface area contributed by atoms with E-state index in [1.165, 1.54) is 0 Å². The average molecular weight is 298 g/mol. The number of esters is 1. The van der Waals surface area contributed by atoms with Gasteiger partial charge in [-0.05, 0) is 0 Å². The van der Waals surface area contributed by atoms with Gasteiger partial charge in [0.25, 0.3) is 0 Å². The molecule has 0 aliphatic carbocycles. The monoisotopic (exact) mass is 298 g/mol. The third kappa shape index (κ3) is 4.26. The SMILES string of the molecule is CC(C)(C)OC(=O)[C@H]1CCNC[I-]1. The van der Waals surface area contributed by atoms with E-state index >= 15 is 0 Å². The molecule has 1 fully saturated rings.